The van der Waals surface area contributed by atoms with Crippen molar-refractivity contribution in [1.29, 1.82) is 0 Å². The van der Waals surface area contributed by atoms with E-state index in [-0.39, 0.29) is 12.2 Å². The van der Waals surface area contributed by atoms with Crippen LogP contribution in [0.1, 0.15) is 23.2 Å². The van der Waals surface area contributed by atoms with Gasteiger partial charge in [-0.25, -0.2) is 13.8 Å². The molecule has 16 heavy (non-hydrogen) atoms. The summed E-state index contributed by atoms with van der Waals surface area (Å²) in [6.45, 7) is -0.313. The van der Waals surface area contributed by atoms with Crippen molar-refractivity contribution in [3.05, 3.63) is 28.0 Å². The Labute approximate surface area is 92.2 Å². The maximum Gasteiger partial charge on any atom is 0.417 e. The van der Waals surface area contributed by atoms with Crippen LogP contribution < -0.4 is 5.73 Å². The number of pyridine rings is 1. The molecule has 0 saturated carbocycles. The van der Waals surface area contributed by atoms with Crippen molar-refractivity contribution in [3.63, 3.8) is 0 Å². The van der Waals surface area contributed by atoms with E-state index in [2.05, 4.69) is 4.98 Å². The second-order valence-corrected chi connectivity index (χ2v) is 3.23. The van der Waals surface area contributed by atoms with E-state index in [0.29, 0.717) is 6.07 Å². The maximum atomic E-state index is 12.4. The highest BCUT2D eigenvalue weighted by molar-refractivity contribution is 6.30. The Morgan fingerprint density at radius 3 is 2.31 bits per heavy atom. The first kappa shape index (κ1) is 13.1. The van der Waals surface area contributed by atoms with Gasteiger partial charge in [0, 0.05) is 6.54 Å². The summed E-state index contributed by atoms with van der Waals surface area (Å²) in [5.74, 6) is 0. The van der Waals surface area contributed by atoms with E-state index in [9.17, 15) is 22.0 Å². The molecule has 2 N–H and O–H groups in total. The Morgan fingerprint density at radius 2 is 1.94 bits per heavy atom. The molecule has 0 aliphatic heterocycles. The van der Waals surface area contributed by atoms with Crippen molar-refractivity contribution < 1.29 is 22.0 Å². The molecular weight excluding hydrogens is 255 g/mol. The van der Waals surface area contributed by atoms with E-state index < -0.39 is 28.9 Å². The third kappa shape index (κ3) is 2.59. The topological polar surface area (TPSA) is 38.9 Å². The maximum absolute atomic E-state index is 12.4. The lowest BCUT2D eigenvalue weighted by atomic mass is 10.1. The van der Waals surface area contributed by atoms with Crippen molar-refractivity contribution >= 4 is 11.6 Å². The minimum atomic E-state index is -4.91. The average Bonchev–Trinajstić information content (AvgIpc) is 2.14. The molecule has 1 aromatic rings. The Bertz CT molecular complexity index is 391. The molecule has 0 aliphatic carbocycles. The van der Waals surface area contributed by atoms with Crippen LogP contribution in [0.4, 0.5) is 22.0 Å². The van der Waals surface area contributed by atoms with Gasteiger partial charge < -0.3 is 5.73 Å². The van der Waals surface area contributed by atoms with Gasteiger partial charge in [-0.15, -0.1) is 0 Å². The van der Waals surface area contributed by atoms with Gasteiger partial charge in [-0.2, -0.15) is 13.2 Å². The van der Waals surface area contributed by atoms with Crippen LogP contribution >= 0.6 is 11.6 Å². The van der Waals surface area contributed by atoms with Crippen molar-refractivity contribution in [3.8, 4) is 0 Å². The third-order valence-corrected chi connectivity index (χ3v) is 2.09. The van der Waals surface area contributed by atoms with Gasteiger partial charge in [-0.1, -0.05) is 11.6 Å². The number of alkyl halides is 5. The molecule has 0 radical (unpaired) electrons. The quantitative estimate of drug-likeness (QED) is 0.655. The highest BCUT2D eigenvalue weighted by atomic mass is 35.5. The SMILES string of the molecule is NCc1cc(C(F)(F)F)c(C(F)F)c(Cl)n1. The standard InChI is InChI=1S/C8H6ClF5N2/c9-6-5(7(10)11)4(8(12,13)14)1-3(2-15)16-6/h1,7H,2,15H2. The van der Waals surface area contributed by atoms with Gasteiger partial charge in [0.25, 0.3) is 6.43 Å². The summed E-state index contributed by atoms with van der Waals surface area (Å²) in [5.41, 5.74) is 2.08. The average molecular weight is 261 g/mol. The first-order chi connectivity index (χ1) is 7.27. The largest absolute Gasteiger partial charge is 0.417 e. The van der Waals surface area contributed by atoms with Crippen LogP contribution in [-0.2, 0) is 12.7 Å². The van der Waals surface area contributed by atoms with E-state index in [0.717, 1.165) is 0 Å². The molecule has 0 spiro atoms. The second kappa shape index (κ2) is 4.50. The summed E-state index contributed by atoms with van der Waals surface area (Å²) in [6.07, 6.45) is -8.26. The molecule has 0 saturated heterocycles. The van der Waals surface area contributed by atoms with Crippen molar-refractivity contribution in [2.45, 2.75) is 19.1 Å². The number of aromatic nitrogens is 1. The van der Waals surface area contributed by atoms with Crippen LogP contribution in [0.2, 0.25) is 5.15 Å². The summed E-state index contributed by atoms with van der Waals surface area (Å²) >= 11 is 5.27. The molecule has 0 aromatic carbocycles. The number of nitrogens with two attached hydrogens (primary N) is 1. The van der Waals surface area contributed by atoms with Gasteiger partial charge >= 0.3 is 6.18 Å². The Kier molecular flexibility index (Phi) is 3.69. The summed E-state index contributed by atoms with van der Waals surface area (Å²) in [7, 11) is 0. The van der Waals surface area contributed by atoms with Crippen LogP contribution in [0.25, 0.3) is 0 Å². The normalized spacial score (nSPS) is 12.2. The minimum Gasteiger partial charge on any atom is -0.325 e. The van der Waals surface area contributed by atoms with Crippen LogP contribution in [0.3, 0.4) is 0 Å². The lowest BCUT2D eigenvalue weighted by Crippen LogP contribution is -2.13. The smallest absolute Gasteiger partial charge is 0.325 e. The molecule has 8 heteroatoms. The third-order valence-electron chi connectivity index (χ3n) is 1.80. The van der Waals surface area contributed by atoms with E-state index in [4.69, 9.17) is 17.3 Å². The zero-order chi connectivity index (χ0) is 12.5. The van der Waals surface area contributed by atoms with Gasteiger partial charge in [0.2, 0.25) is 0 Å². The molecule has 1 aromatic heterocycles. The van der Waals surface area contributed by atoms with Crippen LogP contribution in [0, 0.1) is 0 Å². The Balaban J connectivity index is 3.47. The number of halogens is 6. The predicted molar refractivity (Wildman–Crippen MR) is 47.1 cm³/mol. The molecule has 0 aliphatic rings. The van der Waals surface area contributed by atoms with Gasteiger partial charge in [0.1, 0.15) is 5.15 Å². The molecular formula is C8H6ClF5N2. The zero-order valence-electron chi connectivity index (χ0n) is 7.65. The second-order valence-electron chi connectivity index (χ2n) is 2.87. The fourth-order valence-electron chi connectivity index (χ4n) is 1.12. The highest BCUT2D eigenvalue weighted by Crippen LogP contribution is 2.39. The first-order valence-corrected chi connectivity index (χ1v) is 4.40. The summed E-state index contributed by atoms with van der Waals surface area (Å²) in [5, 5.41) is -0.870. The fourth-order valence-corrected chi connectivity index (χ4v) is 1.41. The van der Waals surface area contributed by atoms with E-state index >= 15 is 0 Å². The summed E-state index contributed by atoms with van der Waals surface area (Å²) in [6, 6.07) is 0.480. The van der Waals surface area contributed by atoms with Gasteiger partial charge in [-0.3, -0.25) is 0 Å². The van der Waals surface area contributed by atoms with Crippen LogP contribution in [-0.4, -0.2) is 4.98 Å². The lowest BCUT2D eigenvalue weighted by molar-refractivity contribution is -0.139. The van der Waals surface area contributed by atoms with E-state index in [1.54, 1.807) is 0 Å². The Morgan fingerprint density at radius 1 is 1.38 bits per heavy atom. The fraction of sp³-hybridized carbons (Fsp3) is 0.375. The lowest BCUT2D eigenvalue weighted by Gasteiger charge is -2.14. The molecule has 0 bridgehead atoms. The number of hydrogen-bond donors (Lipinski definition) is 1. The number of hydrogen-bond acceptors (Lipinski definition) is 2. The summed E-state index contributed by atoms with van der Waals surface area (Å²) in [4.78, 5) is 3.35. The molecule has 0 unspecified atom stereocenters. The predicted octanol–water partition coefficient (Wildman–Crippen LogP) is 3.15. The van der Waals surface area contributed by atoms with Crippen molar-refractivity contribution in [1.82, 2.24) is 4.98 Å². The molecule has 0 fully saturated rings. The van der Waals surface area contributed by atoms with E-state index in [1.807, 2.05) is 0 Å². The van der Waals surface area contributed by atoms with Gasteiger partial charge in [0.05, 0.1) is 16.8 Å². The van der Waals surface area contributed by atoms with E-state index in [1.165, 1.54) is 0 Å². The molecule has 1 rings (SSSR count). The zero-order valence-corrected chi connectivity index (χ0v) is 8.41. The monoisotopic (exact) mass is 260 g/mol. The number of nitrogens with zero attached hydrogens (tertiary/aromatic N) is 1. The summed E-state index contributed by atoms with van der Waals surface area (Å²) < 4.78 is 62.1. The van der Waals surface area contributed by atoms with Gasteiger partial charge in [-0.05, 0) is 6.07 Å². The molecule has 90 valence electrons. The van der Waals surface area contributed by atoms with Gasteiger partial charge in [0.15, 0.2) is 0 Å². The molecule has 0 atom stereocenters. The van der Waals surface area contributed by atoms with Crippen molar-refractivity contribution in [2.75, 3.05) is 0 Å². The van der Waals surface area contributed by atoms with Crippen LogP contribution in [0.15, 0.2) is 6.07 Å². The number of rotatable bonds is 2. The first-order valence-electron chi connectivity index (χ1n) is 4.02. The molecule has 1 heterocycles. The van der Waals surface area contributed by atoms with Crippen molar-refractivity contribution in [2.24, 2.45) is 5.73 Å². The Hall–Kier alpha value is -0.950. The minimum absolute atomic E-state index is 0.193. The molecule has 2 nitrogen and oxygen atoms in total. The molecule has 0 amide bonds. The van der Waals surface area contributed by atoms with Crippen LogP contribution in [0.5, 0.6) is 0 Å². The highest BCUT2D eigenvalue weighted by Gasteiger charge is 2.37.